The number of nitrogens with zero attached hydrogens (tertiary/aromatic N) is 3. The van der Waals surface area contributed by atoms with Gasteiger partial charge in [0.2, 0.25) is 5.91 Å². The van der Waals surface area contributed by atoms with E-state index in [1.54, 1.807) is 0 Å². The van der Waals surface area contributed by atoms with Crippen LogP contribution in [0.4, 0.5) is 0 Å². The van der Waals surface area contributed by atoms with Crippen molar-refractivity contribution in [3.63, 3.8) is 0 Å². The maximum atomic E-state index is 11.5. The molecule has 0 saturated carbocycles. The molecule has 0 aromatic carbocycles. The summed E-state index contributed by atoms with van der Waals surface area (Å²) in [7, 11) is 0. The Hall–Kier alpha value is -1.32. The van der Waals surface area contributed by atoms with Crippen LogP contribution < -0.4 is 0 Å². The van der Waals surface area contributed by atoms with E-state index in [1.165, 1.54) is 12.8 Å². The van der Waals surface area contributed by atoms with E-state index in [9.17, 15) is 4.79 Å². The fourth-order valence-electron chi connectivity index (χ4n) is 3.62. The van der Waals surface area contributed by atoms with Crippen LogP contribution in [0.1, 0.15) is 114 Å². The van der Waals surface area contributed by atoms with Crippen molar-refractivity contribution in [3.8, 4) is 0 Å². The van der Waals surface area contributed by atoms with E-state index < -0.39 is 0 Å². The van der Waals surface area contributed by atoms with Gasteiger partial charge in [0, 0.05) is 31.4 Å². The van der Waals surface area contributed by atoms with Crippen molar-refractivity contribution in [2.45, 2.75) is 120 Å². The molecule has 4 nitrogen and oxygen atoms in total. The van der Waals surface area contributed by atoms with E-state index in [4.69, 9.17) is 0 Å². The molecule has 0 N–H and O–H groups in total. The molecule has 0 radical (unpaired) electrons. The second-order valence-corrected chi connectivity index (χ2v) is 8.06. The van der Waals surface area contributed by atoms with Crippen LogP contribution in [0.2, 0.25) is 0 Å². The summed E-state index contributed by atoms with van der Waals surface area (Å²) < 4.78 is 2.07. The van der Waals surface area contributed by atoms with Gasteiger partial charge in [-0.05, 0) is 50.0 Å². The molecule has 2 rings (SSSR count). The Kier molecular flexibility index (Phi) is 19.3. The predicted molar refractivity (Wildman–Crippen MR) is 128 cm³/mol. The van der Waals surface area contributed by atoms with Gasteiger partial charge in [-0.1, -0.05) is 69.2 Å². The van der Waals surface area contributed by atoms with Gasteiger partial charge in [-0.3, -0.25) is 9.48 Å². The van der Waals surface area contributed by atoms with Gasteiger partial charge in [-0.15, -0.1) is 0 Å². The lowest BCUT2D eigenvalue weighted by Crippen LogP contribution is -2.36. The summed E-state index contributed by atoms with van der Waals surface area (Å²) in [5, 5.41) is 4.26. The molecule has 0 spiro atoms. The van der Waals surface area contributed by atoms with Crippen LogP contribution in [0.3, 0.4) is 0 Å². The van der Waals surface area contributed by atoms with Gasteiger partial charge in [0.25, 0.3) is 0 Å². The zero-order chi connectivity index (χ0) is 22.8. The Bertz CT molecular complexity index is 468. The third-order valence-corrected chi connectivity index (χ3v) is 4.88. The molecule has 2 atom stereocenters. The van der Waals surface area contributed by atoms with Crippen molar-refractivity contribution in [1.29, 1.82) is 0 Å². The van der Waals surface area contributed by atoms with E-state index in [1.807, 2.05) is 40.0 Å². The minimum Gasteiger partial charge on any atom is -0.340 e. The Labute approximate surface area is 182 Å². The van der Waals surface area contributed by atoms with Crippen LogP contribution in [0.5, 0.6) is 0 Å². The molecule has 172 valence electrons. The van der Waals surface area contributed by atoms with Gasteiger partial charge >= 0.3 is 0 Å². The van der Waals surface area contributed by atoms with Crippen LogP contribution in [0.25, 0.3) is 0 Å². The Balaban J connectivity index is 0. The lowest BCUT2D eigenvalue weighted by molar-refractivity contribution is -0.130. The zero-order valence-corrected chi connectivity index (χ0v) is 21.2. The Morgan fingerprint density at radius 1 is 0.931 bits per heavy atom. The van der Waals surface area contributed by atoms with Gasteiger partial charge in [0.05, 0.1) is 6.04 Å². The van der Waals surface area contributed by atoms with Crippen LogP contribution in [0, 0.1) is 11.8 Å². The van der Waals surface area contributed by atoms with Crippen molar-refractivity contribution in [1.82, 2.24) is 14.7 Å². The summed E-state index contributed by atoms with van der Waals surface area (Å²) in [4.78, 5) is 13.6. The van der Waals surface area contributed by atoms with Crippen molar-refractivity contribution in [2.24, 2.45) is 11.8 Å². The van der Waals surface area contributed by atoms with Crippen molar-refractivity contribution >= 4 is 5.91 Å². The van der Waals surface area contributed by atoms with Gasteiger partial charge < -0.3 is 4.90 Å². The molecule has 1 aromatic rings. The largest absolute Gasteiger partial charge is 0.340 e. The molecule has 1 fully saturated rings. The number of hydrogen-bond donors (Lipinski definition) is 0. The first-order chi connectivity index (χ1) is 13.9. The predicted octanol–water partition coefficient (Wildman–Crippen LogP) is 7.37. The molecule has 1 amide bonds. The van der Waals surface area contributed by atoms with Crippen molar-refractivity contribution in [2.75, 3.05) is 6.54 Å². The average Bonchev–Trinajstić information content (AvgIpc) is 3.39. The highest BCUT2D eigenvalue weighted by Gasteiger charge is 2.26. The number of hydrogen-bond acceptors (Lipinski definition) is 2. The highest BCUT2D eigenvalue weighted by atomic mass is 16.2. The average molecular weight is 410 g/mol. The molecule has 2 unspecified atom stereocenters. The summed E-state index contributed by atoms with van der Waals surface area (Å²) in [6.45, 7) is 22.3. The molecule has 1 aromatic heterocycles. The summed E-state index contributed by atoms with van der Waals surface area (Å²) in [6.07, 6.45) is 10.4. The van der Waals surface area contributed by atoms with Gasteiger partial charge in [0.1, 0.15) is 0 Å². The number of aromatic nitrogens is 2. The SMILES string of the molecule is CC.CC.CCC(CC(C)C)N1CCCC1=O.CCC(CC(C)C)n1cccn1. The van der Waals surface area contributed by atoms with Crippen molar-refractivity contribution < 1.29 is 4.79 Å². The highest BCUT2D eigenvalue weighted by molar-refractivity contribution is 5.78. The molecular formula is C25H51N3O. The second kappa shape index (κ2) is 18.7. The summed E-state index contributed by atoms with van der Waals surface area (Å²) in [5.41, 5.74) is 0. The van der Waals surface area contributed by atoms with E-state index in [2.05, 4.69) is 62.4 Å². The van der Waals surface area contributed by atoms with E-state index in [-0.39, 0.29) is 0 Å². The van der Waals surface area contributed by atoms with Crippen LogP contribution >= 0.6 is 0 Å². The first kappa shape index (κ1) is 29.9. The molecule has 1 saturated heterocycles. The maximum absolute atomic E-state index is 11.5. The highest BCUT2D eigenvalue weighted by Crippen LogP contribution is 2.21. The molecule has 2 heterocycles. The molecule has 1 aliphatic heterocycles. The van der Waals surface area contributed by atoms with Gasteiger partial charge in [0.15, 0.2) is 0 Å². The second-order valence-electron chi connectivity index (χ2n) is 8.06. The third kappa shape index (κ3) is 12.8. The topological polar surface area (TPSA) is 38.1 Å². The first-order valence-corrected chi connectivity index (χ1v) is 12.2. The zero-order valence-electron chi connectivity index (χ0n) is 21.2. The number of amides is 1. The number of carbonyl (C=O) groups is 1. The van der Waals surface area contributed by atoms with Crippen LogP contribution in [-0.2, 0) is 4.79 Å². The minimum atomic E-state index is 0.368. The van der Waals surface area contributed by atoms with Crippen LogP contribution in [-0.4, -0.2) is 33.2 Å². The van der Waals surface area contributed by atoms with E-state index in [0.29, 0.717) is 23.9 Å². The summed E-state index contributed by atoms with van der Waals surface area (Å²) in [6, 6.07) is 3.07. The first-order valence-electron chi connectivity index (χ1n) is 12.2. The minimum absolute atomic E-state index is 0.368. The number of likely N-dealkylation sites (tertiary alicyclic amines) is 1. The molecule has 0 bridgehead atoms. The standard InChI is InChI=1S/C11H21NO.C10H18N2.2C2H6/c1-4-10(8-9(2)3)12-7-5-6-11(12)13;1-4-10(8-9(2)3)12-7-5-6-11-12;2*1-2/h9-10H,4-8H2,1-3H3;5-7,9-10H,4,8H2,1-3H3;2*1-2H3. The van der Waals surface area contributed by atoms with Gasteiger partial charge in [-0.2, -0.15) is 5.10 Å². The summed E-state index contributed by atoms with van der Waals surface area (Å²) in [5.74, 6) is 1.81. The Morgan fingerprint density at radius 2 is 1.45 bits per heavy atom. The van der Waals surface area contributed by atoms with Crippen molar-refractivity contribution in [3.05, 3.63) is 18.5 Å². The molecule has 0 aliphatic carbocycles. The molecule has 1 aliphatic rings. The fraction of sp³-hybridized carbons (Fsp3) is 0.840. The smallest absolute Gasteiger partial charge is 0.222 e. The lowest BCUT2D eigenvalue weighted by Gasteiger charge is -2.28. The normalized spacial score (nSPS) is 15.0. The van der Waals surface area contributed by atoms with E-state index in [0.717, 1.165) is 38.1 Å². The number of carbonyl (C=O) groups excluding carboxylic acids is 1. The summed E-state index contributed by atoms with van der Waals surface area (Å²) >= 11 is 0. The Morgan fingerprint density at radius 3 is 1.79 bits per heavy atom. The third-order valence-electron chi connectivity index (χ3n) is 4.88. The fourth-order valence-corrected chi connectivity index (χ4v) is 3.62. The van der Waals surface area contributed by atoms with Gasteiger partial charge in [-0.25, -0.2) is 0 Å². The maximum Gasteiger partial charge on any atom is 0.222 e. The molecular weight excluding hydrogens is 358 g/mol. The molecule has 29 heavy (non-hydrogen) atoms. The monoisotopic (exact) mass is 409 g/mol. The van der Waals surface area contributed by atoms with E-state index >= 15 is 0 Å². The molecule has 4 heteroatoms. The number of rotatable bonds is 8. The van der Waals surface area contributed by atoms with Crippen LogP contribution in [0.15, 0.2) is 18.5 Å². The quantitative estimate of drug-likeness (QED) is 0.449. The lowest BCUT2D eigenvalue weighted by atomic mass is 10.0.